The van der Waals surface area contributed by atoms with Gasteiger partial charge in [0.05, 0.1) is 11.2 Å². The van der Waals surface area contributed by atoms with Gasteiger partial charge in [-0.2, -0.15) is 5.10 Å². The Labute approximate surface area is 141 Å². The first-order valence-corrected chi connectivity index (χ1v) is 8.07. The summed E-state index contributed by atoms with van der Waals surface area (Å²) in [6.45, 7) is 2.10. The highest BCUT2D eigenvalue weighted by atomic mass is 15.2. The molecular weight excluding hydrogens is 294 g/mol. The molecule has 118 valence electrons. The van der Waals surface area contributed by atoms with Crippen LogP contribution < -0.4 is 5.32 Å². The number of hydrogen-bond donors (Lipinski definition) is 1. The van der Waals surface area contributed by atoms with Crippen LogP contribution in [0.1, 0.15) is 5.56 Å². The highest BCUT2D eigenvalue weighted by molar-refractivity contribution is 5.74. The van der Waals surface area contributed by atoms with E-state index in [1.165, 1.54) is 16.7 Å². The van der Waals surface area contributed by atoms with Gasteiger partial charge in [-0.1, -0.05) is 42.0 Å². The predicted octanol–water partition coefficient (Wildman–Crippen LogP) is 5.02. The molecular formula is C21H19N3. The van der Waals surface area contributed by atoms with Crippen molar-refractivity contribution in [1.82, 2.24) is 9.61 Å². The van der Waals surface area contributed by atoms with Crippen LogP contribution in [0.4, 0.5) is 5.69 Å². The maximum atomic E-state index is 4.69. The molecule has 0 amide bonds. The van der Waals surface area contributed by atoms with E-state index in [1.807, 2.05) is 17.8 Å². The minimum atomic E-state index is 0.996. The van der Waals surface area contributed by atoms with Crippen LogP contribution in [0.3, 0.4) is 0 Å². The zero-order chi connectivity index (χ0) is 16.5. The van der Waals surface area contributed by atoms with Crippen molar-refractivity contribution in [2.75, 3.05) is 12.4 Å². The van der Waals surface area contributed by atoms with Crippen molar-refractivity contribution >= 4 is 11.2 Å². The molecule has 0 aliphatic rings. The fourth-order valence-corrected chi connectivity index (χ4v) is 2.89. The summed E-state index contributed by atoms with van der Waals surface area (Å²) in [5.41, 5.74) is 7.99. The molecule has 0 atom stereocenters. The largest absolute Gasteiger partial charge is 0.388 e. The van der Waals surface area contributed by atoms with Gasteiger partial charge in [0.25, 0.3) is 0 Å². The third kappa shape index (κ3) is 2.65. The van der Waals surface area contributed by atoms with Gasteiger partial charge in [-0.05, 0) is 48.4 Å². The summed E-state index contributed by atoms with van der Waals surface area (Å²) in [4.78, 5) is 0. The minimum Gasteiger partial charge on any atom is -0.388 e. The number of aromatic nitrogens is 2. The summed E-state index contributed by atoms with van der Waals surface area (Å²) in [5.74, 6) is 0. The summed E-state index contributed by atoms with van der Waals surface area (Å²) in [6, 6.07) is 23.3. The quantitative estimate of drug-likeness (QED) is 0.575. The topological polar surface area (TPSA) is 29.3 Å². The van der Waals surface area contributed by atoms with Gasteiger partial charge >= 0.3 is 0 Å². The van der Waals surface area contributed by atoms with Gasteiger partial charge in [-0.3, -0.25) is 0 Å². The van der Waals surface area contributed by atoms with Crippen molar-refractivity contribution in [2.45, 2.75) is 6.92 Å². The number of fused-ring (bicyclic) bond motifs is 1. The van der Waals surface area contributed by atoms with E-state index in [-0.39, 0.29) is 0 Å². The lowest BCUT2D eigenvalue weighted by atomic mass is 10.1. The standard InChI is InChI=1S/C21H19N3/c1-15-6-8-16(9-7-15)21-14-20-13-18(10-11-24(20)23-21)17-4-3-5-19(12-17)22-2/h3-14,22H,1-2H3. The molecule has 0 bridgehead atoms. The molecule has 0 saturated heterocycles. The summed E-state index contributed by atoms with van der Waals surface area (Å²) < 4.78 is 1.93. The van der Waals surface area contributed by atoms with Crippen molar-refractivity contribution in [1.29, 1.82) is 0 Å². The Balaban J connectivity index is 1.76. The number of aryl methyl sites for hydroxylation is 1. The van der Waals surface area contributed by atoms with Crippen LogP contribution in [0.2, 0.25) is 0 Å². The van der Waals surface area contributed by atoms with Crippen LogP contribution in [-0.4, -0.2) is 16.7 Å². The third-order valence-corrected chi connectivity index (χ3v) is 4.30. The molecule has 2 aromatic heterocycles. The van der Waals surface area contributed by atoms with Gasteiger partial charge in [0.2, 0.25) is 0 Å². The van der Waals surface area contributed by atoms with Gasteiger partial charge in [0.15, 0.2) is 0 Å². The Morgan fingerprint density at radius 1 is 0.833 bits per heavy atom. The second kappa shape index (κ2) is 5.85. The number of benzene rings is 2. The first-order chi connectivity index (χ1) is 11.7. The Bertz CT molecular complexity index is 997. The molecule has 0 radical (unpaired) electrons. The zero-order valence-corrected chi connectivity index (χ0v) is 13.8. The van der Waals surface area contributed by atoms with Crippen LogP contribution in [0.15, 0.2) is 72.9 Å². The molecule has 1 N–H and O–H groups in total. The van der Waals surface area contributed by atoms with Crippen molar-refractivity contribution in [3.63, 3.8) is 0 Å². The molecule has 4 aromatic rings. The SMILES string of the molecule is CNc1cccc(-c2ccn3nc(-c4ccc(C)cc4)cc3c2)c1. The molecule has 3 heteroatoms. The van der Waals surface area contributed by atoms with Gasteiger partial charge in [-0.25, -0.2) is 4.52 Å². The molecule has 0 aliphatic carbocycles. The van der Waals surface area contributed by atoms with E-state index < -0.39 is 0 Å². The lowest BCUT2D eigenvalue weighted by Crippen LogP contribution is -1.90. The van der Waals surface area contributed by atoms with E-state index in [1.54, 1.807) is 0 Å². The molecule has 0 fully saturated rings. The van der Waals surface area contributed by atoms with Crippen LogP contribution in [0, 0.1) is 6.92 Å². The lowest BCUT2D eigenvalue weighted by molar-refractivity contribution is 0.966. The van der Waals surface area contributed by atoms with Gasteiger partial charge in [-0.15, -0.1) is 0 Å². The maximum Gasteiger partial charge on any atom is 0.0933 e. The number of anilines is 1. The first kappa shape index (κ1) is 14.5. The molecule has 0 unspecified atom stereocenters. The molecule has 0 saturated carbocycles. The van der Waals surface area contributed by atoms with E-state index in [0.29, 0.717) is 0 Å². The molecule has 24 heavy (non-hydrogen) atoms. The molecule has 4 rings (SSSR count). The summed E-state index contributed by atoms with van der Waals surface area (Å²) in [7, 11) is 1.94. The molecule has 2 heterocycles. The highest BCUT2D eigenvalue weighted by Crippen LogP contribution is 2.26. The van der Waals surface area contributed by atoms with E-state index in [2.05, 4.69) is 84.1 Å². The van der Waals surface area contributed by atoms with Crippen molar-refractivity contribution in [3.8, 4) is 22.4 Å². The van der Waals surface area contributed by atoms with E-state index in [0.717, 1.165) is 22.5 Å². The fraction of sp³-hybridized carbons (Fsp3) is 0.0952. The van der Waals surface area contributed by atoms with Gasteiger partial charge in [0, 0.05) is 24.5 Å². The monoisotopic (exact) mass is 313 g/mol. The lowest BCUT2D eigenvalue weighted by Gasteiger charge is -2.05. The highest BCUT2D eigenvalue weighted by Gasteiger charge is 2.06. The summed E-state index contributed by atoms with van der Waals surface area (Å²) >= 11 is 0. The third-order valence-electron chi connectivity index (χ3n) is 4.30. The smallest absolute Gasteiger partial charge is 0.0933 e. The van der Waals surface area contributed by atoms with E-state index in [4.69, 9.17) is 0 Å². The Hall–Kier alpha value is -3.07. The summed E-state index contributed by atoms with van der Waals surface area (Å²) in [5, 5.41) is 7.87. The second-order valence-electron chi connectivity index (χ2n) is 6.01. The number of hydrogen-bond acceptors (Lipinski definition) is 2. The van der Waals surface area contributed by atoms with Crippen LogP contribution in [0.5, 0.6) is 0 Å². The van der Waals surface area contributed by atoms with Crippen LogP contribution >= 0.6 is 0 Å². The minimum absolute atomic E-state index is 0.996. The Morgan fingerprint density at radius 3 is 2.42 bits per heavy atom. The normalized spacial score (nSPS) is 10.9. The van der Waals surface area contributed by atoms with Crippen LogP contribution in [0.25, 0.3) is 27.9 Å². The summed E-state index contributed by atoms with van der Waals surface area (Å²) in [6.07, 6.45) is 2.02. The number of nitrogens with one attached hydrogen (secondary N) is 1. The fourth-order valence-electron chi connectivity index (χ4n) is 2.89. The van der Waals surface area contributed by atoms with Gasteiger partial charge < -0.3 is 5.32 Å². The predicted molar refractivity (Wildman–Crippen MR) is 100 cm³/mol. The molecule has 3 nitrogen and oxygen atoms in total. The van der Waals surface area contributed by atoms with Crippen molar-refractivity contribution < 1.29 is 0 Å². The molecule has 0 aliphatic heterocycles. The van der Waals surface area contributed by atoms with Gasteiger partial charge in [0.1, 0.15) is 0 Å². The van der Waals surface area contributed by atoms with E-state index >= 15 is 0 Å². The van der Waals surface area contributed by atoms with Crippen LogP contribution in [-0.2, 0) is 0 Å². The Morgan fingerprint density at radius 2 is 1.62 bits per heavy atom. The number of rotatable bonds is 3. The number of pyridine rings is 1. The average Bonchev–Trinajstić information content (AvgIpc) is 3.05. The second-order valence-corrected chi connectivity index (χ2v) is 6.01. The molecule has 2 aromatic carbocycles. The molecule has 0 spiro atoms. The Kier molecular flexibility index (Phi) is 3.54. The number of nitrogens with zero attached hydrogens (tertiary/aromatic N) is 2. The first-order valence-electron chi connectivity index (χ1n) is 8.07. The van der Waals surface area contributed by atoms with Crippen molar-refractivity contribution in [3.05, 3.63) is 78.5 Å². The van der Waals surface area contributed by atoms with Crippen molar-refractivity contribution in [2.24, 2.45) is 0 Å². The zero-order valence-electron chi connectivity index (χ0n) is 13.8. The van der Waals surface area contributed by atoms with E-state index in [9.17, 15) is 0 Å². The maximum absolute atomic E-state index is 4.69. The average molecular weight is 313 g/mol.